The number of hydrogen-bond donors (Lipinski definition) is 1. The highest BCUT2D eigenvalue weighted by molar-refractivity contribution is 7.92. The van der Waals surface area contributed by atoms with Crippen LogP contribution in [0.1, 0.15) is 43.9 Å². The lowest BCUT2D eigenvalue weighted by molar-refractivity contribution is 0.406. The summed E-state index contributed by atoms with van der Waals surface area (Å²) in [5.74, 6) is 0. The molecule has 1 atom stereocenters. The van der Waals surface area contributed by atoms with Gasteiger partial charge in [0, 0.05) is 12.3 Å². The summed E-state index contributed by atoms with van der Waals surface area (Å²) in [6.45, 7) is 10.7. The molecule has 0 bridgehead atoms. The minimum Gasteiger partial charge on any atom is -0.312 e. The van der Waals surface area contributed by atoms with Crippen LogP contribution in [-0.4, -0.2) is 32.0 Å². The van der Waals surface area contributed by atoms with Crippen molar-refractivity contribution in [2.24, 2.45) is 0 Å². The van der Waals surface area contributed by atoms with E-state index in [4.69, 9.17) is 0 Å². The van der Waals surface area contributed by atoms with Gasteiger partial charge in [0.05, 0.1) is 4.75 Å². The monoisotopic (exact) mass is 311 g/mol. The van der Waals surface area contributed by atoms with Crippen molar-refractivity contribution in [2.75, 3.05) is 12.8 Å². The molecule has 0 amide bonds. The maximum Gasteiger partial charge on any atom is 0.154 e. The van der Waals surface area contributed by atoms with Gasteiger partial charge in [0.1, 0.15) is 0 Å². The van der Waals surface area contributed by atoms with Gasteiger partial charge in [-0.25, -0.2) is 8.42 Å². The minimum absolute atomic E-state index is 0.0884. The Balaban J connectivity index is 3.05. The van der Waals surface area contributed by atoms with Crippen LogP contribution in [0.15, 0.2) is 18.2 Å². The summed E-state index contributed by atoms with van der Waals surface area (Å²) < 4.78 is 23.5. The molecule has 0 spiro atoms. The highest BCUT2D eigenvalue weighted by Crippen LogP contribution is 2.24. The van der Waals surface area contributed by atoms with Gasteiger partial charge < -0.3 is 5.32 Å². The lowest BCUT2D eigenvalue weighted by Crippen LogP contribution is -2.52. The molecule has 1 N–H and O–H groups in total. The molecular formula is C17H29NO2S. The first-order valence-corrected chi connectivity index (χ1v) is 9.47. The van der Waals surface area contributed by atoms with E-state index in [1.165, 1.54) is 22.9 Å². The fraction of sp³-hybridized carbons (Fsp3) is 0.647. The molecule has 0 radical (unpaired) electrons. The van der Waals surface area contributed by atoms with Crippen LogP contribution in [0.2, 0.25) is 0 Å². The second kappa shape index (κ2) is 6.93. The Labute approximate surface area is 130 Å². The first kappa shape index (κ1) is 18.2. The number of aryl methyl sites for hydroxylation is 2. The van der Waals surface area contributed by atoms with Crippen LogP contribution >= 0.6 is 0 Å². The fourth-order valence-electron chi connectivity index (χ4n) is 2.31. The van der Waals surface area contributed by atoms with E-state index in [0.29, 0.717) is 0 Å². The van der Waals surface area contributed by atoms with Crippen LogP contribution in [0.4, 0.5) is 0 Å². The molecule has 0 saturated heterocycles. The molecule has 0 heterocycles. The molecule has 1 unspecified atom stereocenters. The quantitative estimate of drug-likeness (QED) is 0.842. The molecule has 0 aliphatic heterocycles. The van der Waals surface area contributed by atoms with Gasteiger partial charge in [-0.3, -0.25) is 0 Å². The van der Waals surface area contributed by atoms with E-state index < -0.39 is 14.6 Å². The number of rotatable bonds is 7. The zero-order chi connectivity index (χ0) is 16.3. The van der Waals surface area contributed by atoms with E-state index in [0.717, 1.165) is 19.4 Å². The summed E-state index contributed by atoms with van der Waals surface area (Å²) >= 11 is 0. The van der Waals surface area contributed by atoms with Gasteiger partial charge in [0.25, 0.3) is 0 Å². The third-order valence-corrected chi connectivity index (χ3v) is 6.64. The smallest absolute Gasteiger partial charge is 0.154 e. The van der Waals surface area contributed by atoms with Crippen molar-refractivity contribution in [2.45, 2.75) is 58.2 Å². The zero-order valence-electron chi connectivity index (χ0n) is 14.2. The Kier molecular flexibility index (Phi) is 6.00. The SMILES string of the molecule is CCCNC(Cc1ccc(C)c(C)c1)C(C)(C)S(C)(=O)=O. The highest BCUT2D eigenvalue weighted by Gasteiger charge is 2.38. The molecule has 1 aromatic carbocycles. The summed E-state index contributed by atoms with van der Waals surface area (Å²) in [5.41, 5.74) is 3.70. The highest BCUT2D eigenvalue weighted by atomic mass is 32.2. The largest absolute Gasteiger partial charge is 0.312 e. The summed E-state index contributed by atoms with van der Waals surface area (Å²) in [7, 11) is -3.13. The van der Waals surface area contributed by atoms with Gasteiger partial charge in [0.15, 0.2) is 9.84 Å². The maximum atomic E-state index is 12.1. The molecule has 1 rings (SSSR count). The van der Waals surface area contributed by atoms with Crippen molar-refractivity contribution in [1.82, 2.24) is 5.32 Å². The van der Waals surface area contributed by atoms with Gasteiger partial charge in [-0.15, -0.1) is 0 Å². The molecule has 120 valence electrons. The molecule has 3 nitrogen and oxygen atoms in total. The predicted molar refractivity (Wildman–Crippen MR) is 90.6 cm³/mol. The molecule has 0 aliphatic carbocycles. The number of benzene rings is 1. The van der Waals surface area contributed by atoms with Crippen LogP contribution < -0.4 is 5.32 Å². The van der Waals surface area contributed by atoms with Crippen LogP contribution in [0, 0.1) is 13.8 Å². The summed E-state index contributed by atoms with van der Waals surface area (Å²) in [4.78, 5) is 0. The van der Waals surface area contributed by atoms with Crippen LogP contribution in [-0.2, 0) is 16.3 Å². The maximum absolute atomic E-state index is 12.1. The Morgan fingerprint density at radius 1 is 1.19 bits per heavy atom. The normalized spacial score (nSPS) is 14.2. The Morgan fingerprint density at radius 2 is 1.81 bits per heavy atom. The molecule has 0 aromatic heterocycles. The van der Waals surface area contributed by atoms with Gasteiger partial charge in [0.2, 0.25) is 0 Å². The topological polar surface area (TPSA) is 46.2 Å². The number of hydrogen-bond acceptors (Lipinski definition) is 3. The lowest BCUT2D eigenvalue weighted by Gasteiger charge is -2.34. The Morgan fingerprint density at radius 3 is 2.29 bits per heavy atom. The van der Waals surface area contributed by atoms with Crippen LogP contribution in [0.5, 0.6) is 0 Å². The predicted octanol–water partition coefficient (Wildman–Crippen LogP) is 3.04. The average molecular weight is 311 g/mol. The van der Waals surface area contributed by atoms with Crippen molar-refractivity contribution >= 4 is 9.84 Å². The van der Waals surface area contributed by atoms with Crippen molar-refractivity contribution in [3.63, 3.8) is 0 Å². The number of sulfone groups is 1. The minimum atomic E-state index is -3.13. The van der Waals surface area contributed by atoms with E-state index in [-0.39, 0.29) is 6.04 Å². The van der Waals surface area contributed by atoms with Crippen LogP contribution in [0.3, 0.4) is 0 Å². The van der Waals surface area contributed by atoms with Gasteiger partial charge >= 0.3 is 0 Å². The third-order valence-electron chi connectivity index (χ3n) is 4.45. The lowest BCUT2D eigenvalue weighted by atomic mass is 9.93. The van der Waals surface area contributed by atoms with Crippen molar-refractivity contribution in [1.29, 1.82) is 0 Å². The third kappa shape index (κ3) is 4.55. The average Bonchev–Trinajstić information content (AvgIpc) is 2.37. The molecule has 4 heteroatoms. The number of nitrogens with one attached hydrogen (secondary N) is 1. The molecule has 0 aliphatic rings. The Hall–Kier alpha value is -0.870. The summed E-state index contributed by atoms with van der Waals surface area (Å²) in [6.07, 6.45) is 3.04. The van der Waals surface area contributed by atoms with E-state index in [2.05, 4.69) is 44.3 Å². The molecular weight excluding hydrogens is 282 g/mol. The second-order valence-corrected chi connectivity index (χ2v) is 9.10. The van der Waals surface area contributed by atoms with Crippen molar-refractivity contribution in [3.8, 4) is 0 Å². The van der Waals surface area contributed by atoms with E-state index in [9.17, 15) is 8.42 Å². The van der Waals surface area contributed by atoms with Gasteiger partial charge in [-0.1, -0.05) is 25.1 Å². The first-order valence-electron chi connectivity index (χ1n) is 7.58. The molecule has 0 saturated carbocycles. The second-order valence-electron chi connectivity index (χ2n) is 6.51. The molecule has 0 fully saturated rings. The van der Waals surface area contributed by atoms with E-state index in [1.807, 2.05) is 13.8 Å². The molecule has 1 aromatic rings. The standard InChI is InChI=1S/C17H29NO2S/c1-7-10-18-16(17(4,5)21(6,19)20)12-15-9-8-13(2)14(3)11-15/h8-9,11,16,18H,7,10,12H2,1-6H3. The van der Waals surface area contributed by atoms with Crippen molar-refractivity contribution < 1.29 is 8.42 Å². The van der Waals surface area contributed by atoms with Gasteiger partial charge in [-0.2, -0.15) is 0 Å². The summed E-state index contributed by atoms with van der Waals surface area (Å²) in [5, 5.41) is 3.42. The fourth-order valence-corrected chi connectivity index (χ4v) is 2.99. The van der Waals surface area contributed by atoms with E-state index >= 15 is 0 Å². The first-order chi connectivity index (χ1) is 9.59. The van der Waals surface area contributed by atoms with E-state index in [1.54, 1.807) is 0 Å². The van der Waals surface area contributed by atoms with Crippen molar-refractivity contribution in [3.05, 3.63) is 34.9 Å². The summed E-state index contributed by atoms with van der Waals surface area (Å²) in [6, 6.07) is 6.28. The van der Waals surface area contributed by atoms with Crippen LogP contribution in [0.25, 0.3) is 0 Å². The van der Waals surface area contributed by atoms with Gasteiger partial charge in [-0.05, 0) is 63.8 Å². The zero-order valence-corrected chi connectivity index (χ0v) is 15.0. The molecule has 21 heavy (non-hydrogen) atoms. The Bertz CT molecular complexity index is 576.